The summed E-state index contributed by atoms with van der Waals surface area (Å²) in [5, 5.41) is 9.91. The molecule has 0 saturated heterocycles. The molecule has 0 aliphatic carbocycles. The molecule has 0 bridgehead atoms. The van der Waals surface area contributed by atoms with E-state index in [0.29, 0.717) is 11.3 Å². The first-order valence-electron chi connectivity index (χ1n) is 4.92. The standard InChI is InChI=1S/C12H10O5/c1-16-12(15)11(14)8-6-17-9-5-3-2-4-7(9)10(8)13/h2-5,13H,6H2,1H3. The summed E-state index contributed by atoms with van der Waals surface area (Å²) in [6.45, 7) is -0.142. The SMILES string of the molecule is COC(=O)C(=O)C1=C(O)c2ccccc2OC1. The van der Waals surface area contributed by atoms with Crippen molar-refractivity contribution < 1.29 is 24.2 Å². The Bertz CT molecular complexity index is 515. The van der Waals surface area contributed by atoms with Crippen molar-refractivity contribution in [2.24, 2.45) is 0 Å². The molecule has 1 heterocycles. The van der Waals surface area contributed by atoms with Crippen LogP contribution in [0.2, 0.25) is 0 Å². The van der Waals surface area contributed by atoms with E-state index < -0.39 is 11.8 Å². The number of para-hydroxylation sites is 1. The Morgan fingerprint density at radius 3 is 2.76 bits per heavy atom. The molecule has 0 unspecified atom stereocenters. The number of esters is 1. The molecule has 0 aromatic heterocycles. The van der Waals surface area contributed by atoms with Gasteiger partial charge in [0.15, 0.2) is 0 Å². The summed E-state index contributed by atoms with van der Waals surface area (Å²) in [7, 11) is 1.11. The van der Waals surface area contributed by atoms with E-state index in [0.717, 1.165) is 7.11 Å². The topological polar surface area (TPSA) is 72.8 Å². The number of ether oxygens (including phenoxy) is 2. The van der Waals surface area contributed by atoms with E-state index in [1.165, 1.54) is 0 Å². The molecule has 1 aliphatic rings. The molecule has 0 radical (unpaired) electrons. The number of hydrogen-bond donors (Lipinski definition) is 1. The molecule has 0 atom stereocenters. The van der Waals surface area contributed by atoms with Gasteiger partial charge in [-0.25, -0.2) is 4.79 Å². The van der Waals surface area contributed by atoms with Gasteiger partial charge in [0.05, 0.1) is 18.2 Å². The summed E-state index contributed by atoms with van der Waals surface area (Å²) >= 11 is 0. The number of fused-ring (bicyclic) bond motifs is 1. The van der Waals surface area contributed by atoms with Crippen LogP contribution < -0.4 is 4.74 Å². The van der Waals surface area contributed by atoms with Crippen molar-refractivity contribution in [1.29, 1.82) is 0 Å². The maximum absolute atomic E-state index is 11.6. The van der Waals surface area contributed by atoms with Gasteiger partial charge in [-0.05, 0) is 12.1 Å². The van der Waals surface area contributed by atoms with Gasteiger partial charge in [0.1, 0.15) is 18.1 Å². The Morgan fingerprint density at radius 1 is 1.35 bits per heavy atom. The minimum absolute atomic E-state index is 0.0875. The van der Waals surface area contributed by atoms with Gasteiger partial charge in [0.25, 0.3) is 5.78 Å². The number of aliphatic hydroxyl groups excluding tert-OH is 1. The second kappa shape index (κ2) is 4.29. The molecule has 0 saturated carbocycles. The first kappa shape index (κ1) is 11.2. The number of hydrogen-bond acceptors (Lipinski definition) is 5. The molecule has 5 nitrogen and oxygen atoms in total. The molecule has 0 fully saturated rings. The number of carbonyl (C=O) groups excluding carboxylic acids is 2. The van der Waals surface area contributed by atoms with Crippen LogP contribution in [0.1, 0.15) is 5.56 Å². The van der Waals surface area contributed by atoms with Crippen molar-refractivity contribution in [2.45, 2.75) is 0 Å². The highest BCUT2D eigenvalue weighted by Crippen LogP contribution is 2.31. The minimum atomic E-state index is -1.02. The first-order chi connectivity index (χ1) is 8.15. The van der Waals surface area contributed by atoms with Gasteiger partial charge in [0, 0.05) is 0 Å². The fourth-order valence-corrected chi connectivity index (χ4v) is 1.56. The second-order valence-electron chi connectivity index (χ2n) is 3.43. The average molecular weight is 234 g/mol. The summed E-state index contributed by atoms with van der Waals surface area (Å²) in [4.78, 5) is 22.7. The van der Waals surface area contributed by atoms with Crippen LogP contribution in [0.3, 0.4) is 0 Å². The number of Topliss-reactive ketones (excluding diaryl/α,β-unsaturated/α-hetero) is 1. The van der Waals surface area contributed by atoms with E-state index in [4.69, 9.17) is 4.74 Å². The maximum Gasteiger partial charge on any atom is 0.379 e. The van der Waals surface area contributed by atoms with Crippen LogP contribution in [0, 0.1) is 0 Å². The Balaban J connectivity index is 2.44. The van der Waals surface area contributed by atoms with Gasteiger partial charge in [-0.15, -0.1) is 0 Å². The molecule has 0 amide bonds. The highest BCUT2D eigenvalue weighted by Gasteiger charge is 2.28. The molecule has 1 N–H and O–H groups in total. The lowest BCUT2D eigenvalue weighted by Crippen LogP contribution is -2.25. The lowest BCUT2D eigenvalue weighted by atomic mass is 10.0. The third-order valence-electron chi connectivity index (χ3n) is 2.44. The van der Waals surface area contributed by atoms with Gasteiger partial charge >= 0.3 is 5.97 Å². The van der Waals surface area contributed by atoms with E-state index in [1.807, 2.05) is 0 Å². The fourth-order valence-electron chi connectivity index (χ4n) is 1.56. The maximum atomic E-state index is 11.6. The van der Waals surface area contributed by atoms with Crippen LogP contribution in [-0.4, -0.2) is 30.6 Å². The van der Waals surface area contributed by atoms with Crippen LogP contribution in [0.4, 0.5) is 0 Å². The highest BCUT2D eigenvalue weighted by atomic mass is 16.5. The number of benzene rings is 1. The third kappa shape index (κ3) is 1.87. The van der Waals surface area contributed by atoms with Crippen molar-refractivity contribution in [3.05, 3.63) is 35.4 Å². The zero-order valence-corrected chi connectivity index (χ0v) is 9.10. The lowest BCUT2D eigenvalue weighted by Gasteiger charge is -2.19. The average Bonchev–Trinajstić information content (AvgIpc) is 2.38. The molecule has 1 aromatic carbocycles. The van der Waals surface area contributed by atoms with Crippen molar-refractivity contribution in [3.63, 3.8) is 0 Å². The molecule has 2 rings (SSSR count). The van der Waals surface area contributed by atoms with Crippen LogP contribution in [-0.2, 0) is 14.3 Å². The first-order valence-corrected chi connectivity index (χ1v) is 4.92. The van der Waals surface area contributed by atoms with Crippen molar-refractivity contribution >= 4 is 17.5 Å². The lowest BCUT2D eigenvalue weighted by molar-refractivity contribution is -0.150. The zero-order valence-electron chi connectivity index (χ0n) is 9.10. The summed E-state index contributed by atoms with van der Waals surface area (Å²) in [5.41, 5.74) is 0.307. The number of rotatable bonds is 2. The van der Waals surface area contributed by atoms with Crippen molar-refractivity contribution in [3.8, 4) is 5.75 Å². The molecule has 88 valence electrons. The molecule has 17 heavy (non-hydrogen) atoms. The minimum Gasteiger partial charge on any atom is -0.507 e. The molecule has 0 spiro atoms. The van der Waals surface area contributed by atoms with E-state index in [1.54, 1.807) is 24.3 Å². The normalized spacial score (nSPS) is 13.7. The quantitative estimate of drug-likeness (QED) is 0.612. The van der Waals surface area contributed by atoms with Gasteiger partial charge in [-0.2, -0.15) is 0 Å². The zero-order chi connectivity index (χ0) is 12.4. The van der Waals surface area contributed by atoms with E-state index in [-0.39, 0.29) is 17.9 Å². The molecule has 5 heteroatoms. The third-order valence-corrected chi connectivity index (χ3v) is 2.44. The number of carbonyl (C=O) groups is 2. The van der Waals surface area contributed by atoms with Crippen LogP contribution in [0.5, 0.6) is 5.75 Å². The Kier molecular flexibility index (Phi) is 2.82. The Hall–Kier alpha value is -2.30. The molecule has 1 aliphatic heterocycles. The summed E-state index contributed by atoms with van der Waals surface area (Å²) in [5.74, 6) is -1.66. The Morgan fingerprint density at radius 2 is 2.06 bits per heavy atom. The number of methoxy groups -OCH3 is 1. The molecular weight excluding hydrogens is 224 g/mol. The highest BCUT2D eigenvalue weighted by molar-refractivity contribution is 6.41. The number of aliphatic hydroxyl groups is 1. The van der Waals surface area contributed by atoms with Crippen LogP contribution in [0.25, 0.3) is 5.76 Å². The predicted octanol–water partition coefficient (Wildman–Crippen LogP) is 1.09. The van der Waals surface area contributed by atoms with E-state index >= 15 is 0 Å². The van der Waals surface area contributed by atoms with Crippen molar-refractivity contribution in [2.75, 3.05) is 13.7 Å². The van der Waals surface area contributed by atoms with Gasteiger partial charge in [-0.3, -0.25) is 4.79 Å². The van der Waals surface area contributed by atoms with Gasteiger partial charge < -0.3 is 14.6 Å². The largest absolute Gasteiger partial charge is 0.507 e. The van der Waals surface area contributed by atoms with Gasteiger partial charge in [-0.1, -0.05) is 12.1 Å². The van der Waals surface area contributed by atoms with Crippen LogP contribution >= 0.6 is 0 Å². The second-order valence-corrected chi connectivity index (χ2v) is 3.43. The van der Waals surface area contributed by atoms with E-state index in [9.17, 15) is 14.7 Å². The van der Waals surface area contributed by atoms with Crippen molar-refractivity contribution in [1.82, 2.24) is 0 Å². The fraction of sp³-hybridized carbons (Fsp3) is 0.167. The number of ketones is 1. The summed E-state index contributed by atoms with van der Waals surface area (Å²) in [6.07, 6.45) is 0. The predicted molar refractivity (Wildman–Crippen MR) is 58.5 cm³/mol. The van der Waals surface area contributed by atoms with Crippen LogP contribution in [0.15, 0.2) is 29.8 Å². The summed E-state index contributed by atoms with van der Waals surface area (Å²) in [6, 6.07) is 6.72. The monoisotopic (exact) mass is 234 g/mol. The summed E-state index contributed by atoms with van der Waals surface area (Å²) < 4.78 is 9.59. The molecule has 1 aromatic rings. The van der Waals surface area contributed by atoms with E-state index in [2.05, 4.69) is 4.74 Å². The van der Waals surface area contributed by atoms with Gasteiger partial charge in [0.2, 0.25) is 0 Å². The molecular formula is C12H10O5. The Labute approximate surface area is 97.3 Å². The smallest absolute Gasteiger partial charge is 0.379 e.